The van der Waals surface area contributed by atoms with Crippen LogP contribution in [-0.4, -0.2) is 40.2 Å². The number of benzene rings is 2. The Balaban J connectivity index is 1.69. The zero-order valence-corrected chi connectivity index (χ0v) is 21.3. The first-order valence-corrected chi connectivity index (χ1v) is 12.2. The molecule has 0 saturated carbocycles. The second-order valence-electron chi connectivity index (χ2n) is 9.21. The van der Waals surface area contributed by atoms with E-state index in [1.165, 1.54) is 10.6 Å². The van der Waals surface area contributed by atoms with Crippen molar-refractivity contribution in [1.82, 2.24) is 9.47 Å². The smallest absolute Gasteiger partial charge is 0.265 e. The lowest BCUT2D eigenvalue weighted by Gasteiger charge is -2.32. The number of amides is 1. The van der Waals surface area contributed by atoms with Crippen LogP contribution in [0, 0.1) is 31.1 Å². The normalized spacial score (nSPS) is 14.2. The number of nitriles is 1. The van der Waals surface area contributed by atoms with Gasteiger partial charge in [-0.1, -0.05) is 23.2 Å². The van der Waals surface area contributed by atoms with Crippen LogP contribution in [0.3, 0.4) is 0 Å². The minimum absolute atomic E-state index is 0.0177. The maximum atomic E-state index is 13.7. The molecule has 3 aromatic rings. The van der Waals surface area contributed by atoms with Crippen LogP contribution in [0.4, 0.5) is 0 Å². The number of rotatable bonds is 4. The first kappa shape index (κ1) is 25.0. The average molecular weight is 510 g/mol. The predicted octanol–water partition coefficient (Wildman–Crippen LogP) is 5.96. The van der Waals surface area contributed by atoms with E-state index in [0.717, 1.165) is 29.4 Å². The fourth-order valence-corrected chi connectivity index (χ4v) is 5.52. The molecule has 0 aliphatic carbocycles. The van der Waals surface area contributed by atoms with Crippen molar-refractivity contribution < 1.29 is 14.4 Å². The van der Waals surface area contributed by atoms with Crippen LogP contribution in [0.2, 0.25) is 10.0 Å². The van der Waals surface area contributed by atoms with Crippen LogP contribution in [-0.2, 0) is 4.79 Å². The summed E-state index contributed by atoms with van der Waals surface area (Å²) in [6, 6.07) is 8.69. The van der Waals surface area contributed by atoms with Crippen LogP contribution in [0.25, 0.3) is 10.9 Å². The van der Waals surface area contributed by atoms with Crippen LogP contribution >= 0.6 is 23.2 Å². The van der Waals surface area contributed by atoms with Gasteiger partial charge in [0.1, 0.15) is 5.78 Å². The molecule has 0 spiro atoms. The van der Waals surface area contributed by atoms with E-state index in [1.54, 1.807) is 36.2 Å². The minimum atomic E-state index is -0.444. The summed E-state index contributed by atoms with van der Waals surface area (Å²) in [5.41, 5.74) is 3.07. The van der Waals surface area contributed by atoms with Gasteiger partial charge >= 0.3 is 0 Å². The summed E-state index contributed by atoms with van der Waals surface area (Å²) in [5, 5.41) is 10.3. The van der Waals surface area contributed by atoms with Crippen LogP contribution in [0.1, 0.15) is 63.6 Å². The predicted molar refractivity (Wildman–Crippen MR) is 136 cm³/mol. The van der Waals surface area contributed by atoms with Gasteiger partial charge in [0.25, 0.3) is 11.8 Å². The van der Waals surface area contributed by atoms with Crippen molar-refractivity contribution in [2.45, 2.75) is 40.0 Å². The Labute approximate surface area is 214 Å². The zero-order valence-electron chi connectivity index (χ0n) is 19.8. The van der Waals surface area contributed by atoms with Crippen molar-refractivity contribution in [2.75, 3.05) is 13.1 Å². The molecule has 0 N–H and O–H groups in total. The second-order valence-corrected chi connectivity index (χ2v) is 10.00. The van der Waals surface area contributed by atoms with Gasteiger partial charge in [-0.15, -0.1) is 0 Å². The van der Waals surface area contributed by atoms with E-state index < -0.39 is 5.91 Å². The van der Waals surface area contributed by atoms with E-state index in [0.29, 0.717) is 30.6 Å². The Kier molecular flexibility index (Phi) is 7.02. The summed E-state index contributed by atoms with van der Waals surface area (Å²) in [7, 11) is 0. The van der Waals surface area contributed by atoms with E-state index >= 15 is 0 Å². The van der Waals surface area contributed by atoms with Crippen LogP contribution in [0.15, 0.2) is 30.5 Å². The van der Waals surface area contributed by atoms with Crippen molar-refractivity contribution in [2.24, 2.45) is 5.92 Å². The molecule has 0 unspecified atom stereocenters. The maximum absolute atomic E-state index is 13.7. The molecule has 2 aromatic carbocycles. The number of halogens is 2. The Morgan fingerprint density at radius 3 is 2.37 bits per heavy atom. The number of ketones is 1. The molecule has 35 heavy (non-hydrogen) atoms. The second kappa shape index (κ2) is 9.85. The molecular weight excluding hydrogens is 485 g/mol. The summed E-state index contributed by atoms with van der Waals surface area (Å²) in [6.45, 7) is 6.35. The molecule has 1 fully saturated rings. The molecule has 1 aliphatic heterocycles. The molecule has 4 rings (SSSR count). The molecule has 0 atom stereocenters. The molecular formula is C27H25Cl2N3O3. The fourth-order valence-electron chi connectivity index (χ4n) is 4.90. The first-order valence-electron chi connectivity index (χ1n) is 11.5. The number of piperidine rings is 1. The quantitative estimate of drug-likeness (QED) is 0.434. The fraction of sp³-hybridized carbons (Fsp3) is 0.333. The third-order valence-electron chi connectivity index (χ3n) is 6.65. The maximum Gasteiger partial charge on any atom is 0.265 e. The topological polar surface area (TPSA) is 83.2 Å². The van der Waals surface area contributed by atoms with Crippen molar-refractivity contribution in [1.29, 1.82) is 5.26 Å². The monoisotopic (exact) mass is 509 g/mol. The van der Waals surface area contributed by atoms with Crippen LogP contribution < -0.4 is 0 Å². The highest BCUT2D eigenvalue weighted by Gasteiger charge is 2.29. The molecule has 1 aromatic heterocycles. The number of fused-ring (bicyclic) bond motifs is 1. The lowest BCUT2D eigenvalue weighted by Crippen LogP contribution is -2.39. The lowest BCUT2D eigenvalue weighted by molar-refractivity contribution is -0.118. The summed E-state index contributed by atoms with van der Waals surface area (Å²) in [5.74, 6) is -0.263. The first-order chi connectivity index (χ1) is 16.6. The van der Waals surface area contributed by atoms with Gasteiger partial charge in [-0.2, -0.15) is 5.26 Å². The number of carbonyl (C=O) groups excluding carboxylic acids is 3. The minimum Gasteiger partial charge on any atom is -0.339 e. The lowest BCUT2D eigenvalue weighted by atomic mass is 9.91. The van der Waals surface area contributed by atoms with Crippen molar-refractivity contribution in [3.05, 3.63) is 68.3 Å². The molecule has 0 bridgehead atoms. The summed E-state index contributed by atoms with van der Waals surface area (Å²) in [4.78, 5) is 40.1. The number of aromatic nitrogens is 1. The number of nitrogens with zero attached hydrogens (tertiary/aromatic N) is 3. The van der Waals surface area contributed by atoms with Gasteiger partial charge in [0.15, 0.2) is 0 Å². The number of aryl methyl sites for hydroxylation is 2. The van der Waals surface area contributed by atoms with E-state index in [-0.39, 0.29) is 38.8 Å². The van der Waals surface area contributed by atoms with Crippen molar-refractivity contribution >= 4 is 51.7 Å². The van der Waals surface area contributed by atoms with Gasteiger partial charge in [0.2, 0.25) is 0 Å². The highest BCUT2D eigenvalue weighted by molar-refractivity contribution is 6.41. The highest BCUT2D eigenvalue weighted by atomic mass is 35.5. The zero-order chi connectivity index (χ0) is 25.4. The van der Waals surface area contributed by atoms with Gasteiger partial charge in [0.05, 0.1) is 38.3 Å². The molecule has 1 saturated heterocycles. The number of carbonyl (C=O) groups is 3. The SMILES string of the molecule is CC(=O)CC1CCN(C(=O)c2ccc(Cl)c(C(=O)n3cc(C)c4cc(C#N)cc(C)c43)c2Cl)CC1. The molecule has 6 nitrogen and oxygen atoms in total. The molecule has 1 aliphatic rings. The summed E-state index contributed by atoms with van der Waals surface area (Å²) < 4.78 is 1.48. The summed E-state index contributed by atoms with van der Waals surface area (Å²) in [6.07, 6.45) is 3.73. The Bertz CT molecular complexity index is 1410. The standard InChI is InChI=1S/C27H25Cl2N3O3/c1-15-10-19(13-30)12-21-16(2)14-32(25(15)21)27(35)23-22(28)5-4-20(24(23)29)26(34)31-8-6-18(7-9-31)11-17(3)33/h4-5,10,12,14,18H,6-9,11H2,1-3H3. The van der Waals surface area contributed by atoms with E-state index in [2.05, 4.69) is 6.07 Å². The van der Waals surface area contributed by atoms with E-state index in [9.17, 15) is 19.6 Å². The molecule has 8 heteroatoms. The molecule has 180 valence electrons. The third kappa shape index (κ3) is 4.71. The number of Topliss-reactive ketones (excluding diaryl/α,β-unsaturated/α-hetero) is 1. The van der Waals surface area contributed by atoms with E-state index in [4.69, 9.17) is 23.2 Å². The molecule has 0 radical (unpaired) electrons. The van der Waals surface area contributed by atoms with Crippen molar-refractivity contribution in [3.63, 3.8) is 0 Å². The van der Waals surface area contributed by atoms with Gasteiger partial charge in [-0.25, -0.2) is 0 Å². The van der Waals surface area contributed by atoms with Crippen LogP contribution in [0.5, 0.6) is 0 Å². The van der Waals surface area contributed by atoms with Gasteiger partial charge in [0, 0.05) is 31.1 Å². The molecule has 2 heterocycles. The largest absolute Gasteiger partial charge is 0.339 e. The summed E-state index contributed by atoms with van der Waals surface area (Å²) >= 11 is 13.1. The average Bonchev–Trinajstić information content (AvgIpc) is 3.15. The Morgan fingerprint density at radius 2 is 1.74 bits per heavy atom. The highest BCUT2D eigenvalue weighted by Crippen LogP contribution is 2.33. The van der Waals surface area contributed by atoms with Gasteiger partial charge in [-0.05, 0) is 74.9 Å². The third-order valence-corrected chi connectivity index (χ3v) is 7.36. The Hall–Kier alpha value is -3.14. The Morgan fingerprint density at radius 1 is 1.06 bits per heavy atom. The number of hydrogen-bond acceptors (Lipinski definition) is 4. The van der Waals surface area contributed by atoms with Crippen molar-refractivity contribution in [3.8, 4) is 6.07 Å². The molecule has 1 amide bonds. The van der Waals surface area contributed by atoms with Gasteiger partial charge in [-0.3, -0.25) is 14.2 Å². The van der Waals surface area contributed by atoms with Gasteiger partial charge < -0.3 is 9.69 Å². The number of hydrogen-bond donors (Lipinski definition) is 0. The van der Waals surface area contributed by atoms with E-state index in [1.807, 2.05) is 13.8 Å². The number of likely N-dealkylation sites (tertiary alicyclic amines) is 1.